The van der Waals surface area contributed by atoms with Crippen molar-refractivity contribution in [1.29, 1.82) is 0 Å². The number of amides is 2. The number of hydrogen-bond donors (Lipinski definition) is 1. The third-order valence-corrected chi connectivity index (χ3v) is 5.87. The number of nitrogens with one attached hydrogen (secondary N) is 1. The van der Waals surface area contributed by atoms with Crippen LogP contribution in [0.4, 0.5) is 4.79 Å². The Kier molecular flexibility index (Phi) is 5.86. The first-order chi connectivity index (χ1) is 14.8. The van der Waals surface area contributed by atoms with Crippen molar-refractivity contribution in [2.24, 2.45) is 0 Å². The predicted octanol–water partition coefficient (Wildman–Crippen LogP) is 4.36. The van der Waals surface area contributed by atoms with Gasteiger partial charge in [0.1, 0.15) is 12.1 Å². The summed E-state index contributed by atoms with van der Waals surface area (Å²) < 4.78 is 5.28. The lowest BCUT2D eigenvalue weighted by Crippen LogP contribution is -2.50. The van der Waals surface area contributed by atoms with Gasteiger partial charge in [0, 0.05) is 6.54 Å². The summed E-state index contributed by atoms with van der Waals surface area (Å²) >= 11 is 0. The maximum Gasteiger partial charge on any atom is 0.408 e. The highest BCUT2D eigenvalue weighted by molar-refractivity contribution is 5.86. The van der Waals surface area contributed by atoms with Crippen LogP contribution in [0, 0.1) is 0 Å². The first-order valence-corrected chi connectivity index (χ1v) is 10.9. The number of benzene rings is 2. The standard InChI is InChI=1S/C26H30N2O3/c1-26(2,3)31-25(30)27-17-24(29)28-14-13-21-20-12-8-7-11-19(20)16-22(21)23(28)15-18-9-5-4-6-10-18/h4-12,23H,13-17H2,1-3H3,(H,27,30). The van der Waals surface area contributed by atoms with Gasteiger partial charge in [-0.15, -0.1) is 0 Å². The largest absolute Gasteiger partial charge is 0.444 e. The highest BCUT2D eigenvalue weighted by atomic mass is 16.6. The number of hydrogen-bond acceptors (Lipinski definition) is 3. The summed E-state index contributed by atoms with van der Waals surface area (Å²) in [6.07, 6.45) is 1.93. The summed E-state index contributed by atoms with van der Waals surface area (Å²) in [4.78, 5) is 27.1. The summed E-state index contributed by atoms with van der Waals surface area (Å²) in [5, 5.41) is 2.63. The average molecular weight is 419 g/mol. The molecule has 0 spiro atoms. The lowest BCUT2D eigenvalue weighted by atomic mass is 9.88. The molecule has 0 saturated heterocycles. The van der Waals surface area contributed by atoms with Crippen molar-refractivity contribution in [3.63, 3.8) is 0 Å². The minimum absolute atomic E-state index is 0.00788. The molecule has 1 aliphatic heterocycles. The molecular formula is C26H30N2O3. The van der Waals surface area contributed by atoms with Gasteiger partial charge in [-0.25, -0.2) is 4.79 Å². The number of carbonyl (C=O) groups excluding carboxylic acids is 2. The van der Waals surface area contributed by atoms with E-state index in [1.54, 1.807) is 20.8 Å². The van der Waals surface area contributed by atoms with Crippen molar-refractivity contribution >= 4 is 17.6 Å². The van der Waals surface area contributed by atoms with Gasteiger partial charge in [-0.3, -0.25) is 4.79 Å². The normalized spacial score (nSPS) is 17.8. The smallest absolute Gasteiger partial charge is 0.408 e. The molecule has 2 aromatic rings. The van der Waals surface area contributed by atoms with Gasteiger partial charge in [-0.2, -0.15) is 0 Å². The zero-order valence-corrected chi connectivity index (χ0v) is 18.5. The van der Waals surface area contributed by atoms with Crippen LogP contribution in [0.15, 0.2) is 60.2 Å². The second kappa shape index (κ2) is 8.58. The summed E-state index contributed by atoms with van der Waals surface area (Å²) in [6.45, 7) is 6.01. The lowest BCUT2D eigenvalue weighted by Gasteiger charge is -2.38. The second-order valence-electron chi connectivity index (χ2n) is 9.24. The average Bonchev–Trinajstić information content (AvgIpc) is 3.11. The summed E-state index contributed by atoms with van der Waals surface area (Å²) in [6, 6.07) is 18.8. The number of alkyl carbamates (subject to hydrolysis) is 1. The minimum Gasteiger partial charge on any atom is -0.444 e. The molecule has 4 rings (SSSR count). The van der Waals surface area contributed by atoms with E-state index in [0.29, 0.717) is 6.54 Å². The van der Waals surface area contributed by atoms with E-state index in [1.807, 2.05) is 23.1 Å². The van der Waals surface area contributed by atoms with E-state index in [0.717, 1.165) is 19.3 Å². The highest BCUT2D eigenvalue weighted by Crippen LogP contribution is 2.41. The van der Waals surface area contributed by atoms with E-state index in [-0.39, 0.29) is 18.5 Å². The SMILES string of the molecule is CC(C)(C)OC(=O)NCC(=O)N1CCC2=C(Cc3ccccc32)C1Cc1ccccc1. The number of rotatable bonds is 4. The van der Waals surface area contributed by atoms with Crippen molar-refractivity contribution in [3.05, 3.63) is 76.9 Å². The topological polar surface area (TPSA) is 58.6 Å². The summed E-state index contributed by atoms with van der Waals surface area (Å²) in [5.74, 6) is -0.0747. The van der Waals surface area contributed by atoms with Crippen LogP contribution in [-0.4, -0.2) is 41.6 Å². The number of nitrogens with zero attached hydrogens (tertiary/aromatic N) is 1. The van der Waals surface area contributed by atoms with Crippen molar-refractivity contribution in [3.8, 4) is 0 Å². The highest BCUT2D eigenvalue weighted by Gasteiger charge is 2.36. The fourth-order valence-electron chi connectivity index (χ4n) is 4.58. The molecule has 2 amide bonds. The first kappa shape index (κ1) is 21.2. The monoisotopic (exact) mass is 418 g/mol. The Morgan fingerprint density at radius 2 is 1.77 bits per heavy atom. The van der Waals surface area contributed by atoms with E-state index in [2.05, 4.69) is 41.7 Å². The zero-order chi connectivity index (χ0) is 22.0. The Hall–Kier alpha value is -3.08. The van der Waals surface area contributed by atoms with Gasteiger partial charge >= 0.3 is 6.09 Å². The molecule has 0 radical (unpaired) electrons. The first-order valence-electron chi connectivity index (χ1n) is 10.9. The molecule has 1 aliphatic carbocycles. The fraction of sp³-hybridized carbons (Fsp3) is 0.385. The molecule has 0 aromatic heterocycles. The summed E-state index contributed by atoms with van der Waals surface area (Å²) in [5.41, 5.74) is 6.00. The molecule has 0 bridgehead atoms. The quantitative estimate of drug-likeness (QED) is 0.802. The van der Waals surface area contributed by atoms with Crippen LogP contribution in [0.5, 0.6) is 0 Å². The Morgan fingerprint density at radius 1 is 1.06 bits per heavy atom. The molecule has 162 valence electrons. The van der Waals surface area contributed by atoms with Crippen molar-refractivity contribution in [2.75, 3.05) is 13.1 Å². The van der Waals surface area contributed by atoms with Gasteiger partial charge in [0.2, 0.25) is 5.91 Å². The second-order valence-corrected chi connectivity index (χ2v) is 9.24. The van der Waals surface area contributed by atoms with Crippen LogP contribution >= 0.6 is 0 Å². The van der Waals surface area contributed by atoms with Crippen molar-refractivity contribution in [1.82, 2.24) is 10.2 Å². The molecular weight excluding hydrogens is 388 g/mol. The molecule has 0 fully saturated rings. The third kappa shape index (κ3) is 4.82. The number of ether oxygens (including phenoxy) is 1. The van der Waals surface area contributed by atoms with Gasteiger partial charge in [0.05, 0.1) is 6.04 Å². The van der Waals surface area contributed by atoms with E-state index in [9.17, 15) is 9.59 Å². The lowest BCUT2D eigenvalue weighted by molar-refractivity contribution is -0.132. The molecule has 1 atom stereocenters. The zero-order valence-electron chi connectivity index (χ0n) is 18.5. The van der Waals surface area contributed by atoms with E-state index >= 15 is 0 Å². The van der Waals surface area contributed by atoms with Crippen LogP contribution in [0.25, 0.3) is 5.57 Å². The number of carbonyl (C=O) groups is 2. The minimum atomic E-state index is -0.594. The van der Waals surface area contributed by atoms with Crippen molar-refractivity contribution < 1.29 is 14.3 Å². The molecule has 5 nitrogen and oxygen atoms in total. The molecule has 1 N–H and O–H groups in total. The molecule has 1 unspecified atom stereocenters. The van der Waals surface area contributed by atoms with Gasteiger partial charge in [-0.1, -0.05) is 54.6 Å². The maximum absolute atomic E-state index is 13.2. The van der Waals surface area contributed by atoms with E-state index in [4.69, 9.17) is 4.74 Å². The van der Waals surface area contributed by atoms with Crippen LogP contribution in [0.3, 0.4) is 0 Å². The van der Waals surface area contributed by atoms with Gasteiger partial charge in [0.15, 0.2) is 0 Å². The molecule has 31 heavy (non-hydrogen) atoms. The van der Waals surface area contributed by atoms with Crippen LogP contribution in [-0.2, 0) is 22.4 Å². The third-order valence-electron chi connectivity index (χ3n) is 5.87. The van der Waals surface area contributed by atoms with Crippen LogP contribution in [0.2, 0.25) is 0 Å². The van der Waals surface area contributed by atoms with Crippen molar-refractivity contribution in [2.45, 2.75) is 51.7 Å². The molecule has 1 heterocycles. The van der Waals surface area contributed by atoms with Crippen LogP contribution in [0.1, 0.15) is 43.9 Å². The number of fused-ring (bicyclic) bond motifs is 2. The maximum atomic E-state index is 13.2. The van der Waals surface area contributed by atoms with E-state index in [1.165, 1.54) is 27.8 Å². The Bertz CT molecular complexity index is 1000. The summed E-state index contributed by atoms with van der Waals surface area (Å²) in [7, 11) is 0. The molecule has 2 aromatic carbocycles. The van der Waals surface area contributed by atoms with Gasteiger partial charge in [-0.05, 0) is 67.9 Å². The Morgan fingerprint density at radius 3 is 2.52 bits per heavy atom. The van der Waals surface area contributed by atoms with Gasteiger partial charge < -0.3 is 15.0 Å². The van der Waals surface area contributed by atoms with Crippen LogP contribution < -0.4 is 5.32 Å². The van der Waals surface area contributed by atoms with Gasteiger partial charge in [0.25, 0.3) is 0 Å². The molecule has 0 saturated carbocycles. The molecule has 5 heteroatoms. The Labute approximate surface area is 184 Å². The fourth-order valence-corrected chi connectivity index (χ4v) is 4.58. The Balaban J connectivity index is 1.54. The van der Waals surface area contributed by atoms with E-state index < -0.39 is 11.7 Å². The predicted molar refractivity (Wildman–Crippen MR) is 122 cm³/mol. The molecule has 2 aliphatic rings.